The summed E-state index contributed by atoms with van der Waals surface area (Å²) in [5.74, 6) is 0.573. The number of nitrogens with one attached hydrogen (secondary N) is 1. The third-order valence-corrected chi connectivity index (χ3v) is 8.36. The molecular formula is C15H22ClN3O2S3. The maximum Gasteiger partial charge on any atom is 0.252 e. The van der Waals surface area contributed by atoms with E-state index in [0.717, 1.165) is 35.0 Å². The van der Waals surface area contributed by atoms with Crippen molar-refractivity contribution in [1.29, 1.82) is 0 Å². The van der Waals surface area contributed by atoms with Crippen LogP contribution in [0.25, 0.3) is 10.6 Å². The van der Waals surface area contributed by atoms with Crippen LogP contribution >= 0.6 is 35.1 Å². The highest BCUT2D eigenvalue weighted by Gasteiger charge is 2.30. The summed E-state index contributed by atoms with van der Waals surface area (Å²) < 4.78 is 27.7. The summed E-state index contributed by atoms with van der Waals surface area (Å²) in [7, 11) is -1.43. The number of thiazole rings is 1. The van der Waals surface area contributed by atoms with Gasteiger partial charge in [0, 0.05) is 18.5 Å². The Hall–Kier alpha value is -0.510. The minimum absolute atomic E-state index is 0. The number of hydrogen-bond donors (Lipinski definition) is 1. The second kappa shape index (κ2) is 8.25. The number of sulfonamides is 1. The average Bonchev–Trinajstić information content (AvgIpc) is 3.17. The highest BCUT2D eigenvalue weighted by molar-refractivity contribution is 7.91. The molecule has 134 valence electrons. The van der Waals surface area contributed by atoms with Crippen LogP contribution in [-0.4, -0.2) is 44.4 Å². The van der Waals surface area contributed by atoms with Crippen LogP contribution in [0.3, 0.4) is 0 Å². The Balaban J connectivity index is 0.00000208. The Labute approximate surface area is 157 Å². The van der Waals surface area contributed by atoms with Gasteiger partial charge in [0.25, 0.3) is 10.0 Å². The van der Waals surface area contributed by atoms with E-state index in [0.29, 0.717) is 23.2 Å². The number of piperidine rings is 1. The summed E-state index contributed by atoms with van der Waals surface area (Å²) in [4.78, 5) is 5.35. The zero-order valence-electron chi connectivity index (χ0n) is 13.7. The maximum atomic E-state index is 12.8. The molecule has 2 aromatic heterocycles. The monoisotopic (exact) mass is 407 g/mol. The molecule has 1 fully saturated rings. The minimum Gasteiger partial charge on any atom is -0.319 e. The molecule has 5 nitrogen and oxygen atoms in total. The van der Waals surface area contributed by atoms with Gasteiger partial charge in [0.2, 0.25) is 0 Å². The van der Waals surface area contributed by atoms with Gasteiger partial charge in [-0.1, -0.05) is 0 Å². The Morgan fingerprint density at radius 3 is 2.62 bits per heavy atom. The van der Waals surface area contributed by atoms with E-state index in [2.05, 4.69) is 10.3 Å². The van der Waals surface area contributed by atoms with Crippen LogP contribution in [0.2, 0.25) is 0 Å². The molecule has 0 bridgehead atoms. The van der Waals surface area contributed by atoms with E-state index in [1.165, 1.54) is 11.3 Å². The zero-order valence-corrected chi connectivity index (χ0v) is 17.0. The molecule has 0 saturated carbocycles. The number of aryl methyl sites for hydroxylation is 1. The van der Waals surface area contributed by atoms with Crippen molar-refractivity contribution >= 4 is 45.1 Å². The van der Waals surface area contributed by atoms with Crippen LogP contribution in [0.1, 0.15) is 17.8 Å². The smallest absolute Gasteiger partial charge is 0.252 e. The molecular weight excluding hydrogens is 386 g/mol. The van der Waals surface area contributed by atoms with Gasteiger partial charge in [0.05, 0.1) is 15.6 Å². The number of nitrogens with zero attached hydrogens (tertiary/aromatic N) is 2. The van der Waals surface area contributed by atoms with Gasteiger partial charge >= 0.3 is 0 Å². The van der Waals surface area contributed by atoms with E-state index in [1.807, 2.05) is 25.4 Å². The standard InChI is InChI=1S/C15H21N3O2S3.ClH/c1-11-17-13(10-21-11)14-3-4-15(22-14)23(19,20)18-7-5-12(6-8-18)9-16-2;/h3-4,10,12,16H,5-9H2,1-2H3;1H. The van der Waals surface area contributed by atoms with Gasteiger partial charge in [0.15, 0.2) is 0 Å². The molecule has 2 aromatic rings. The summed E-state index contributed by atoms with van der Waals surface area (Å²) in [5, 5.41) is 6.14. The molecule has 0 amide bonds. The van der Waals surface area contributed by atoms with Gasteiger partial charge in [-0.05, 0) is 51.4 Å². The first-order valence-corrected chi connectivity index (χ1v) is 10.8. The highest BCUT2D eigenvalue weighted by Crippen LogP contribution is 2.33. The summed E-state index contributed by atoms with van der Waals surface area (Å²) in [6, 6.07) is 3.57. The van der Waals surface area contributed by atoms with E-state index in [4.69, 9.17) is 0 Å². The van der Waals surface area contributed by atoms with Crippen molar-refractivity contribution in [3.63, 3.8) is 0 Å². The molecule has 3 heterocycles. The van der Waals surface area contributed by atoms with Gasteiger partial charge in [0.1, 0.15) is 4.21 Å². The summed E-state index contributed by atoms with van der Waals surface area (Å²) >= 11 is 2.89. The Bertz CT molecular complexity index is 765. The summed E-state index contributed by atoms with van der Waals surface area (Å²) in [6.07, 6.45) is 1.84. The van der Waals surface area contributed by atoms with Crippen LogP contribution in [0.5, 0.6) is 0 Å². The molecule has 0 unspecified atom stereocenters. The van der Waals surface area contributed by atoms with E-state index in [9.17, 15) is 8.42 Å². The second-order valence-electron chi connectivity index (χ2n) is 5.78. The lowest BCUT2D eigenvalue weighted by Crippen LogP contribution is -2.40. The van der Waals surface area contributed by atoms with E-state index in [-0.39, 0.29) is 12.4 Å². The molecule has 0 aliphatic carbocycles. The van der Waals surface area contributed by atoms with Gasteiger partial charge in [-0.15, -0.1) is 35.1 Å². The predicted molar refractivity (Wildman–Crippen MR) is 103 cm³/mol. The number of halogens is 1. The van der Waals surface area contributed by atoms with Crippen LogP contribution in [0.15, 0.2) is 21.7 Å². The largest absolute Gasteiger partial charge is 0.319 e. The Morgan fingerprint density at radius 1 is 1.33 bits per heavy atom. The molecule has 1 saturated heterocycles. The normalized spacial score (nSPS) is 16.9. The van der Waals surface area contributed by atoms with Crippen molar-refractivity contribution in [3.05, 3.63) is 22.5 Å². The van der Waals surface area contributed by atoms with Crippen molar-refractivity contribution in [2.45, 2.75) is 24.0 Å². The minimum atomic E-state index is -3.37. The second-order valence-corrected chi connectivity index (χ2v) is 10.1. The SMILES string of the molecule is CNCC1CCN(S(=O)(=O)c2ccc(-c3csc(C)n3)s2)CC1.Cl. The maximum absolute atomic E-state index is 12.8. The van der Waals surface area contributed by atoms with Crippen molar-refractivity contribution < 1.29 is 8.42 Å². The lowest BCUT2D eigenvalue weighted by atomic mass is 9.98. The highest BCUT2D eigenvalue weighted by atomic mass is 35.5. The third-order valence-electron chi connectivity index (χ3n) is 4.11. The fourth-order valence-corrected chi connectivity index (χ4v) is 6.42. The van der Waals surface area contributed by atoms with Crippen LogP contribution < -0.4 is 5.32 Å². The van der Waals surface area contributed by atoms with Gasteiger partial charge in [-0.3, -0.25) is 0 Å². The first-order valence-electron chi connectivity index (χ1n) is 7.68. The first-order chi connectivity index (χ1) is 11.0. The van der Waals surface area contributed by atoms with Crippen LogP contribution in [-0.2, 0) is 10.0 Å². The predicted octanol–water partition coefficient (Wildman–Crippen LogP) is 3.22. The molecule has 0 aromatic carbocycles. The van der Waals surface area contributed by atoms with E-state index < -0.39 is 10.0 Å². The molecule has 9 heteroatoms. The quantitative estimate of drug-likeness (QED) is 0.826. The van der Waals surface area contributed by atoms with Gasteiger partial charge < -0.3 is 5.32 Å². The van der Waals surface area contributed by atoms with Gasteiger partial charge in [-0.2, -0.15) is 4.31 Å². The molecule has 1 aliphatic heterocycles. The number of thiophene rings is 1. The summed E-state index contributed by atoms with van der Waals surface area (Å²) in [6.45, 7) is 4.13. The third kappa shape index (κ3) is 4.17. The number of hydrogen-bond acceptors (Lipinski definition) is 6. The fourth-order valence-electron chi connectivity index (χ4n) is 2.84. The first kappa shape index (κ1) is 19.8. The lowest BCUT2D eigenvalue weighted by Gasteiger charge is -2.30. The topological polar surface area (TPSA) is 62.3 Å². The van der Waals surface area contributed by atoms with E-state index in [1.54, 1.807) is 21.7 Å². The van der Waals surface area contributed by atoms with Crippen LogP contribution in [0.4, 0.5) is 0 Å². The van der Waals surface area contributed by atoms with Crippen molar-refractivity contribution in [1.82, 2.24) is 14.6 Å². The average molecular weight is 408 g/mol. The van der Waals surface area contributed by atoms with Crippen molar-refractivity contribution in [2.24, 2.45) is 5.92 Å². The van der Waals surface area contributed by atoms with Gasteiger partial charge in [-0.25, -0.2) is 13.4 Å². The fraction of sp³-hybridized carbons (Fsp3) is 0.533. The van der Waals surface area contributed by atoms with Crippen molar-refractivity contribution in [3.8, 4) is 10.6 Å². The molecule has 24 heavy (non-hydrogen) atoms. The molecule has 0 atom stereocenters. The molecule has 1 aliphatic rings. The Kier molecular flexibility index (Phi) is 6.81. The number of rotatable bonds is 5. The van der Waals surface area contributed by atoms with E-state index >= 15 is 0 Å². The summed E-state index contributed by atoms with van der Waals surface area (Å²) in [5.41, 5.74) is 0.867. The van der Waals surface area contributed by atoms with Crippen molar-refractivity contribution in [2.75, 3.05) is 26.7 Å². The number of aromatic nitrogens is 1. The zero-order chi connectivity index (χ0) is 16.4. The molecule has 0 spiro atoms. The molecule has 3 rings (SSSR count). The lowest BCUT2D eigenvalue weighted by molar-refractivity contribution is 0.271. The molecule has 1 N–H and O–H groups in total. The van der Waals surface area contributed by atoms with Crippen LogP contribution in [0, 0.1) is 12.8 Å². The Morgan fingerprint density at radius 2 is 2.04 bits per heavy atom. The molecule has 0 radical (unpaired) electrons.